The van der Waals surface area contributed by atoms with Crippen LogP contribution in [0.1, 0.15) is 11.1 Å². The molecule has 4 N–H and O–H groups in total. The molecular weight excluding hydrogens is 297 g/mol. The lowest BCUT2D eigenvalue weighted by Crippen LogP contribution is -2.29. The van der Waals surface area contributed by atoms with Crippen LogP contribution in [0.4, 0.5) is 4.39 Å². The van der Waals surface area contributed by atoms with Gasteiger partial charge in [0.25, 0.3) is 0 Å². The Bertz CT molecular complexity index is 479. The van der Waals surface area contributed by atoms with Crippen molar-refractivity contribution in [2.24, 2.45) is 10.9 Å². The van der Waals surface area contributed by atoms with E-state index in [0.717, 1.165) is 12.3 Å². The summed E-state index contributed by atoms with van der Waals surface area (Å²) >= 11 is 3.95. The van der Waals surface area contributed by atoms with Crippen LogP contribution in [-0.2, 0) is 6.54 Å². The Morgan fingerprint density at radius 1 is 1.50 bits per heavy atom. The van der Waals surface area contributed by atoms with E-state index >= 15 is 0 Å². The number of thioether (sulfide) groups is 2. The highest BCUT2D eigenvalue weighted by atomic mass is 32.2. The summed E-state index contributed by atoms with van der Waals surface area (Å²) < 4.78 is 13.9. The van der Waals surface area contributed by atoms with Crippen molar-refractivity contribution in [3.8, 4) is 0 Å². The number of nitrogens with one attached hydrogen (secondary N) is 1. The van der Waals surface area contributed by atoms with Crippen LogP contribution < -0.4 is 11.1 Å². The smallest absolute Gasteiger partial charge is 0.170 e. The third-order valence-electron chi connectivity index (χ3n) is 3.03. The lowest BCUT2D eigenvalue weighted by molar-refractivity contribution is 0.318. The molecule has 1 fully saturated rings. The van der Waals surface area contributed by atoms with E-state index < -0.39 is 0 Å². The predicted molar refractivity (Wildman–Crippen MR) is 84.2 cm³/mol. The van der Waals surface area contributed by atoms with Gasteiger partial charge in [0.2, 0.25) is 0 Å². The molecule has 7 heteroatoms. The van der Waals surface area contributed by atoms with E-state index in [4.69, 9.17) is 10.9 Å². The Hall–Kier alpha value is -0.920. The van der Waals surface area contributed by atoms with Gasteiger partial charge in [0.1, 0.15) is 5.82 Å². The average molecular weight is 315 g/mol. The van der Waals surface area contributed by atoms with Crippen LogP contribution in [0.2, 0.25) is 0 Å². The molecule has 1 aliphatic rings. The largest absolute Gasteiger partial charge is 0.409 e. The first-order chi connectivity index (χ1) is 9.70. The van der Waals surface area contributed by atoms with E-state index in [2.05, 4.69) is 10.5 Å². The summed E-state index contributed by atoms with van der Waals surface area (Å²) in [7, 11) is 0. The molecule has 0 radical (unpaired) electrons. The minimum absolute atomic E-state index is 0.0842. The third-order valence-corrected chi connectivity index (χ3v) is 5.87. The SMILES string of the molecule is N/C(=N/O)c1ccc(CNCC2CSCCS2)c(F)c1. The second kappa shape index (κ2) is 7.75. The molecule has 1 saturated heterocycles. The molecule has 1 unspecified atom stereocenters. The zero-order valence-corrected chi connectivity index (χ0v) is 12.6. The van der Waals surface area contributed by atoms with Gasteiger partial charge in [-0.1, -0.05) is 17.3 Å². The van der Waals surface area contributed by atoms with Gasteiger partial charge in [0.05, 0.1) is 0 Å². The van der Waals surface area contributed by atoms with Gasteiger partial charge in [-0.15, -0.1) is 0 Å². The van der Waals surface area contributed by atoms with Crippen molar-refractivity contribution < 1.29 is 9.60 Å². The molecule has 1 atom stereocenters. The van der Waals surface area contributed by atoms with Crippen molar-refractivity contribution in [3.63, 3.8) is 0 Å². The zero-order chi connectivity index (χ0) is 14.4. The molecule has 0 amide bonds. The first-order valence-corrected chi connectivity index (χ1v) is 8.57. The van der Waals surface area contributed by atoms with E-state index in [1.165, 1.54) is 17.6 Å². The number of oxime groups is 1. The number of rotatable bonds is 5. The number of hydrogen-bond acceptors (Lipinski definition) is 5. The molecule has 0 spiro atoms. The first kappa shape index (κ1) is 15.5. The monoisotopic (exact) mass is 315 g/mol. The van der Waals surface area contributed by atoms with Crippen molar-refractivity contribution in [2.75, 3.05) is 23.8 Å². The fourth-order valence-electron chi connectivity index (χ4n) is 1.93. The van der Waals surface area contributed by atoms with Gasteiger partial charge >= 0.3 is 0 Å². The van der Waals surface area contributed by atoms with Crippen LogP contribution in [0.3, 0.4) is 0 Å². The Labute approximate surface area is 126 Å². The summed E-state index contributed by atoms with van der Waals surface area (Å²) in [5.41, 5.74) is 6.40. The zero-order valence-electron chi connectivity index (χ0n) is 11.0. The second-order valence-corrected chi connectivity index (χ2v) is 7.05. The fraction of sp³-hybridized carbons (Fsp3) is 0.462. The van der Waals surface area contributed by atoms with Gasteiger partial charge in [-0.2, -0.15) is 23.5 Å². The van der Waals surface area contributed by atoms with Crippen molar-refractivity contribution in [1.82, 2.24) is 5.32 Å². The van der Waals surface area contributed by atoms with Crippen molar-refractivity contribution >= 4 is 29.4 Å². The van der Waals surface area contributed by atoms with Gasteiger partial charge < -0.3 is 16.3 Å². The molecule has 0 bridgehead atoms. The van der Waals surface area contributed by atoms with E-state index in [1.54, 1.807) is 12.1 Å². The number of hydrogen-bond donors (Lipinski definition) is 3. The molecule has 1 aromatic carbocycles. The quantitative estimate of drug-likeness (QED) is 0.335. The van der Waals surface area contributed by atoms with E-state index in [1.807, 2.05) is 23.5 Å². The Kier molecular flexibility index (Phi) is 6.00. The summed E-state index contributed by atoms with van der Waals surface area (Å²) in [4.78, 5) is 0. The molecule has 0 saturated carbocycles. The van der Waals surface area contributed by atoms with Gasteiger partial charge in [0.15, 0.2) is 5.84 Å². The lowest BCUT2D eigenvalue weighted by Gasteiger charge is -2.21. The Morgan fingerprint density at radius 2 is 2.35 bits per heavy atom. The van der Waals surface area contributed by atoms with Gasteiger partial charge in [0, 0.05) is 46.7 Å². The van der Waals surface area contributed by atoms with E-state index in [-0.39, 0.29) is 11.7 Å². The summed E-state index contributed by atoms with van der Waals surface area (Å²) in [5, 5.41) is 15.3. The van der Waals surface area contributed by atoms with Crippen LogP contribution in [0.5, 0.6) is 0 Å². The molecular formula is C13H18FN3OS2. The van der Waals surface area contributed by atoms with Crippen LogP contribution in [0.15, 0.2) is 23.4 Å². The molecule has 1 aliphatic heterocycles. The molecule has 2 rings (SSSR count). The number of amidine groups is 1. The number of nitrogens with zero attached hydrogens (tertiary/aromatic N) is 1. The van der Waals surface area contributed by atoms with Gasteiger partial charge in [-0.25, -0.2) is 4.39 Å². The summed E-state index contributed by atoms with van der Waals surface area (Å²) in [5.74, 6) is 3.15. The third kappa shape index (κ3) is 4.29. The standard InChI is InChI=1S/C13H18FN3OS2/c14-12-5-9(13(15)17-18)1-2-10(12)6-16-7-11-8-19-3-4-20-11/h1-2,5,11,16,18H,3-4,6-8H2,(H2,15,17). The maximum atomic E-state index is 13.9. The Morgan fingerprint density at radius 3 is 3.00 bits per heavy atom. The van der Waals surface area contributed by atoms with Crippen LogP contribution in [0.25, 0.3) is 0 Å². The highest BCUT2D eigenvalue weighted by Crippen LogP contribution is 2.23. The molecule has 0 aromatic heterocycles. The molecule has 1 heterocycles. The van der Waals surface area contributed by atoms with Crippen molar-refractivity contribution in [3.05, 3.63) is 35.1 Å². The summed E-state index contributed by atoms with van der Waals surface area (Å²) in [6.45, 7) is 1.38. The molecule has 1 aromatic rings. The molecule has 0 aliphatic carbocycles. The summed E-state index contributed by atoms with van der Waals surface area (Å²) in [6.07, 6.45) is 0. The van der Waals surface area contributed by atoms with Crippen molar-refractivity contribution in [2.45, 2.75) is 11.8 Å². The van der Waals surface area contributed by atoms with E-state index in [0.29, 0.717) is 22.9 Å². The van der Waals surface area contributed by atoms with Crippen molar-refractivity contribution in [1.29, 1.82) is 0 Å². The maximum absolute atomic E-state index is 13.9. The predicted octanol–water partition coefficient (Wildman–Crippen LogP) is 1.86. The van der Waals surface area contributed by atoms with Crippen LogP contribution in [-0.4, -0.2) is 40.1 Å². The minimum atomic E-state index is -0.340. The van der Waals surface area contributed by atoms with E-state index in [9.17, 15) is 4.39 Å². The summed E-state index contributed by atoms with van der Waals surface area (Å²) in [6, 6.07) is 4.61. The van der Waals surface area contributed by atoms with Gasteiger partial charge in [-0.05, 0) is 6.07 Å². The van der Waals surface area contributed by atoms with Crippen LogP contribution in [0, 0.1) is 5.82 Å². The topological polar surface area (TPSA) is 70.6 Å². The van der Waals surface area contributed by atoms with Crippen LogP contribution >= 0.6 is 23.5 Å². The lowest BCUT2D eigenvalue weighted by atomic mass is 10.1. The van der Waals surface area contributed by atoms with Gasteiger partial charge in [-0.3, -0.25) is 0 Å². The maximum Gasteiger partial charge on any atom is 0.170 e. The second-order valence-electron chi connectivity index (χ2n) is 4.49. The minimum Gasteiger partial charge on any atom is -0.409 e. The highest BCUT2D eigenvalue weighted by Gasteiger charge is 2.14. The average Bonchev–Trinajstić information content (AvgIpc) is 2.49. The highest BCUT2D eigenvalue weighted by molar-refractivity contribution is 8.06. The number of halogens is 1. The fourth-order valence-corrected chi connectivity index (χ4v) is 4.58. The first-order valence-electron chi connectivity index (χ1n) is 6.37. The number of benzene rings is 1. The number of nitrogens with two attached hydrogens (primary N) is 1. The normalized spacial score (nSPS) is 20.1. The Balaban J connectivity index is 1.86. The molecule has 4 nitrogen and oxygen atoms in total. The molecule has 110 valence electrons. The molecule has 20 heavy (non-hydrogen) atoms.